The number of rotatable bonds is 7. The van der Waals surface area contributed by atoms with Crippen LogP contribution in [0.15, 0.2) is 0 Å². The summed E-state index contributed by atoms with van der Waals surface area (Å²) >= 11 is 0. The van der Waals surface area contributed by atoms with E-state index in [0.29, 0.717) is 25.0 Å². The molecule has 1 N–H and O–H groups in total. The lowest BCUT2D eigenvalue weighted by atomic mass is 9.95. The molecule has 2 unspecified atom stereocenters. The Morgan fingerprint density at radius 1 is 1.44 bits per heavy atom. The minimum absolute atomic E-state index is 0.0866. The average Bonchev–Trinajstić information content (AvgIpc) is 2.35. The summed E-state index contributed by atoms with van der Waals surface area (Å²) in [6.45, 7) is 6.77. The third-order valence-electron chi connectivity index (χ3n) is 3.46. The first kappa shape index (κ1) is 15.9. The quantitative estimate of drug-likeness (QED) is 0.744. The van der Waals surface area contributed by atoms with Gasteiger partial charge in [0.25, 0.3) is 0 Å². The molecule has 0 aromatic carbocycles. The fourth-order valence-electron chi connectivity index (χ4n) is 2.31. The second-order valence-corrected chi connectivity index (χ2v) is 7.08. The van der Waals surface area contributed by atoms with Crippen molar-refractivity contribution >= 4 is 10.0 Å². The van der Waals surface area contributed by atoms with Gasteiger partial charge >= 0.3 is 0 Å². The van der Waals surface area contributed by atoms with Crippen LogP contribution in [0, 0.1) is 5.92 Å². The highest BCUT2D eigenvalue weighted by Crippen LogP contribution is 2.19. The predicted octanol–water partition coefficient (Wildman–Crippen LogP) is 0.673. The molecule has 1 fully saturated rings. The molecule has 1 aliphatic heterocycles. The van der Waals surface area contributed by atoms with Gasteiger partial charge in [-0.05, 0) is 25.3 Å². The highest BCUT2D eigenvalue weighted by molar-refractivity contribution is 7.89. The second kappa shape index (κ2) is 7.43. The molecular weight excluding hydrogens is 252 g/mol. The third-order valence-corrected chi connectivity index (χ3v) is 5.26. The zero-order valence-corrected chi connectivity index (χ0v) is 12.5. The van der Waals surface area contributed by atoms with Crippen LogP contribution in [-0.2, 0) is 14.8 Å². The first-order valence-electron chi connectivity index (χ1n) is 6.71. The number of ether oxygens (including phenoxy) is 1. The molecule has 108 valence electrons. The Morgan fingerprint density at radius 2 is 2.17 bits per heavy atom. The summed E-state index contributed by atoms with van der Waals surface area (Å²) in [6, 6.07) is 0.443. The van der Waals surface area contributed by atoms with Crippen LogP contribution in [0.2, 0.25) is 0 Å². The van der Waals surface area contributed by atoms with E-state index in [1.54, 1.807) is 4.31 Å². The Balaban J connectivity index is 2.49. The zero-order chi connectivity index (χ0) is 13.6. The summed E-state index contributed by atoms with van der Waals surface area (Å²) in [4.78, 5) is 0. The van der Waals surface area contributed by atoms with Crippen LogP contribution in [0.5, 0.6) is 0 Å². The second-order valence-electron chi connectivity index (χ2n) is 4.99. The Kier molecular flexibility index (Phi) is 6.55. The van der Waals surface area contributed by atoms with Crippen LogP contribution >= 0.6 is 0 Å². The lowest BCUT2D eigenvalue weighted by Crippen LogP contribution is -2.50. The van der Waals surface area contributed by atoms with E-state index in [9.17, 15) is 8.42 Å². The van der Waals surface area contributed by atoms with E-state index in [0.717, 1.165) is 19.4 Å². The fraction of sp³-hybridized carbons (Fsp3) is 1.00. The van der Waals surface area contributed by atoms with Crippen LogP contribution in [0.4, 0.5) is 0 Å². The van der Waals surface area contributed by atoms with E-state index < -0.39 is 10.0 Å². The van der Waals surface area contributed by atoms with Crippen LogP contribution in [0.25, 0.3) is 0 Å². The van der Waals surface area contributed by atoms with Crippen molar-refractivity contribution in [1.82, 2.24) is 9.62 Å². The van der Waals surface area contributed by atoms with Crippen molar-refractivity contribution in [3.8, 4) is 0 Å². The van der Waals surface area contributed by atoms with Gasteiger partial charge in [0.15, 0.2) is 0 Å². The minimum Gasteiger partial charge on any atom is -0.384 e. The van der Waals surface area contributed by atoms with Crippen molar-refractivity contribution in [3.63, 3.8) is 0 Å². The maximum atomic E-state index is 12.0. The molecule has 0 aliphatic carbocycles. The molecule has 1 saturated heterocycles. The van der Waals surface area contributed by atoms with Crippen molar-refractivity contribution in [2.75, 3.05) is 39.1 Å². The smallest absolute Gasteiger partial charge is 0.216 e. The SMILES string of the molecule is CCCNC1CCN(S(=O)(=O)CCOC)CC1C. The molecule has 6 heteroatoms. The molecule has 1 rings (SSSR count). The number of methoxy groups -OCH3 is 1. The number of nitrogens with zero attached hydrogens (tertiary/aromatic N) is 1. The standard InChI is InChI=1S/C12H26N2O3S/c1-4-6-13-12-5-7-14(10-11(12)2)18(15,16)9-8-17-3/h11-13H,4-10H2,1-3H3. The number of nitrogens with one attached hydrogen (secondary N) is 1. The Hall–Kier alpha value is -0.170. The first-order chi connectivity index (χ1) is 8.51. The maximum Gasteiger partial charge on any atom is 0.216 e. The van der Waals surface area contributed by atoms with Crippen molar-refractivity contribution in [2.24, 2.45) is 5.92 Å². The Morgan fingerprint density at radius 3 is 2.72 bits per heavy atom. The van der Waals surface area contributed by atoms with Gasteiger partial charge in [-0.3, -0.25) is 0 Å². The lowest BCUT2D eigenvalue weighted by molar-refractivity contribution is 0.205. The van der Waals surface area contributed by atoms with Gasteiger partial charge < -0.3 is 10.1 Å². The molecule has 0 saturated carbocycles. The first-order valence-corrected chi connectivity index (χ1v) is 8.32. The summed E-state index contributed by atoms with van der Waals surface area (Å²) in [7, 11) is -1.61. The van der Waals surface area contributed by atoms with Crippen molar-refractivity contribution in [1.29, 1.82) is 0 Å². The van der Waals surface area contributed by atoms with E-state index in [1.165, 1.54) is 7.11 Å². The Labute approximate surface area is 111 Å². The summed E-state index contributed by atoms with van der Waals surface area (Å²) in [5.74, 6) is 0.450. The van der Waals surface area contributed by atoms with Gasteiger partial charge in [0.1, 0.15) is 0 Å². The molecule has 1 aliphatic rings. The van der Waals surface area contributed by atoms with Crippen molar-refractivity contribution in [2.45, 2.75) is 32.7 Å². The number of sulfonamides is 1. The molecular formula is C12H26N2O3S. The van der Waals surface area contributed by atoms with E-state index in [-0.39, 0.29) is 12.4 Å². The van der Waals surface area contributed by atoms with Crippen molar-refractivity contribution in [3.05, 3.63) is 0 Å². The fourth-order valence-corrected chi connectivity index (χ4v) is 3.79. The minimum atomic E-state index is -3.14. The van der Waals surface area contributed by atoms with Gasteiger partial charge in [0, 0.05) is 26.2 Å². The van der Waals surface area contributed by atoms with Gasteiger partial charge in [-0.25, -0.2) is 12.7 Å². The third kappa shape index (κ3) is 4.50. The molecule has 0 aromatic rings. The lowest BCUT2D eigenvalue weighted by Gasteiger charge is -2.36. The van der Waals surface area contributed by atoms with Crippen LogP contribution < -0.4 is 5.32 Å². The van der Waals surface area contributed by atoms with Gasteiger partial charge in [-0.1, -0.05) is 13.8 Å². The van der Waals surface area contributed by atoms with E-state index >= 15 is 0 Å². The van der Waals surface area contributed by atoms with Gasteiger partial charge in [-0.2, -0.15) is 0 Å². The molecule has 0 radical (unpaired) electrons. The van der Waals surface area contributed by atoms with Crippen LogP contribution in [0.3, 0.4) is 0 Å². The number of hydrogen-bond acceptors (Lipinski definition) is 4. The molecule has 18 heavy (non-hydrogen) atoms. The maximum absolute atomic E-state index is 12.0. The number of hydrogen-bond donors (Lipinski definition) is 1. The highest BCUT2D eigenvalue weighted by Gasteiger charge is 2.31. The van der Waals surface area contributed by atoms with E-state index in [1.807, 2.05) is 0 Å². The average molecular weight is 278 g/mol. The van der Waals surface area contributed by atoms with Crippen molar-refractivity contribution < 1.29 is 13.2 Å². The van der Waals surface area contributed by atoms with E-state index in [4.69, 9.17) is 4.74 Å². The predicted molar refractivity (Wildman–Crippen MR) is 73.1 cm³/mol. The molecule has 2 atom stereocenters. The molecule has 5 nitrogen and oxygen atoms in total. The topological polar surface area (TPSA) is 58.6 Å². The van der Waals surface area contributed by atoms with E-state index in [2.05, 4.69) is 19.2 Å². The van der Waals surface area contributed by atoms with Crippen LogP contribution in [-0.4, -0.2) is 57.9 Å². The molecule has 0 amide bonds. The summed E-state index contributed by atoms with van der Waals surface area (Å²) in [6.07, 6.45) is 2.01. The summed E-state index contributed by atoms with van der Waals surface area (Å²) < 4.78 is 30.5. The van der Waals surface area contributed by atoms with Gasteiger partial charge in [-0.15, -0.1) is 0 Å². The normalized spacial score (nSPS) is 26.4. The number of piperidine rings is 1. The molecule has 0 bridgehead atoms. The molecule has 1 heterocycles. The molecule has 0 aromatic heterocycles. The monoisotopic (exact) mass is 278 g/mol. The summed E-state index contributed by atoms with van der Waals surface area (Å²) in [5, 5.41) is 3.49. The summed E-state index contributed by atoms with van der Waals surface area (Å²) in [5.41, 5.74) is 0. The largest absolute Gasteiger partial charge is 0.384 e. The molecule has 0 spiro atoms. The Bertz CT molecular complexity index is 332. The van der Waals surface area contributed by atoms with Gasteiger partial charge in [0.05, 0.1) is 12.4 Å². The van der Waals surface area contributed by atoms with Crippen LogP contribution in [0.1, 0.15) is 26.7 Å². The van der Waals surface area contributed by atoms with Gasteiger partial charge in [0.2, 0.25) is 10.0 Å². The highest BCUT2D eigenvalue weighted by atomic mass is 32.2. The zero-order valence-electron chi connectivity index (χ0n) is 11.7.